The van der Waals surface area contributed by atoms with Gasteiger partial charge in [-0.3, -0.25) is 19.2 Å². The Morgan fingerprint density at radius 2 is 0.683 bits per heavy atom. The Labute approximate surface area is 599 Å². The zero-order valence-corrected chi connectivity index (χ0v) is 59.6. The standard InChI is InChI=1S/C23H19N3O2.C21H23N3O2.C19H17F2N3O2.C19H19N3O2/c1-16(27)14-15-22(28)24-19-11-7-13-21-23(19)25-18-10-5-6-12-20(18)26(21)17-8-3-2-4-9-17;1-5-24-18-11-13(2)6-8-16(18)23-21-17(10-14(3)12-19(21)24)22-20(26)9-7-15(4)25;1-3-24-16-9-12(20)5-6-14(16)23-19-15(8-13(21)10-17(19)24)22-18(26)7-4-11(2)25;1-3-22-16-9-5-4-7-14(16)21-19-15(8-6-10-17(19)22)20-18(24)12-11-13(2)23/h2-13H,14-15H2,1H3;6,8,10-12H,5,7,9H2,1-4H3;5-6,8-10H,3-4,7H2,1-2H3;4-10H,3,11-12H2,1-2H3/p+4. The Morgan fingerprint density at radius 3 is 1.19 bits per heavy atom. The smallest absolute Gasteiger partial charge is 0.239 e. The van der Waals surface area contributed by atoms with E-state index in [0.717, 1.165) is 85.0 Å². The largest absolute Gasteiger partial charge is 0.324 e. The molecule has 20 nitrogen and oxygen atoms in total. The van der Waals surface area contributed by atoms with Gasteiger partial charge >= 0.3 is 0 Å². The summed E-state index contributed by atoms with van der Waals surface area (Å²) >= 11 is 0. The lowest BCUT2D eigenvalue weighted by atomic mass is 10.1. The fourth-order valence-corrected chi connectivity index (χ4v) is 12.3. The van der Waals surface area contributed by atoms with Crippen molar-refractivity contribution in [2.45, 2.75) is 133 Å². The van der Waals surface area contributed by atoms with Crippen LogP contribution in [0.1, 0.15) is 111 Å². The second-order valence-electron chi connectivity index (χ2n) is 25.3. The second-order valence-corrected chi connectivity index (χ2v) is 25.3. The van der Waals surface area contributed by atoms with Gasteiger partial charge in [0, 0.05) is 118 Å². The number of aromatic nitrogens is 8. The maximum absolute atomic E-state index is 14.1. The van der Waals surface area contributed by atoms with Crippen molar-refractivity contribution in [2.24, 2.45) is 0 Å². The number of amides is 4. The molecule has 0 saturated heterocycles. The molecule has 4 amide bonds. The van der Waals surface area contributed by atoms with Gasteiger partial charge in [0.1, 0.15) is 76.5 Å². The van der Waals surface area contributed by atoms with E-state index < -0.39 is 17.5 Å². The molecule has 9 aromatic carbocycles. The second kappa shape index (κ2) is 34.0. The van der Waals surface area contributed by atoms with Crippen LogP contribution in [0.4, 0.5) is 31.5 Å². The van der Waals surface area contributed by atoms with Crippen LogP contribution in [0.15, 0.2) is 176 Å². The average molecular weight is 1400 g/mol. The van der Waals surface area contributed by atoms with Gasteiger partial charge in [-0.05, 0) is 122 Å². The number of fused-ring (bicyclic) bond motifs is 8. The fraction of sp³-hybridized carbons (Fsp3) is 0.244. The van der Waals surface area contributed by atoms with Gasteiger partial charge in [-0.25, -0.2) is 28.7 Å². The molecule has 0 bridgehead atoms. The number of nitrogens with one attached hydrogen (secondary N) is 4. The van der Waals surface area contributed by atoms with E-state index in [1.54, 1.807) is 10.6 Å². The van der Waals surface area contributed by atoms with Gasteiger partial charge in [0.2, 0.25) is 73.4 Å². The zero-order valence-electron chi connectivity index (χ0n) is 59.6. The molecule has 0 aliphatic rings. The highest BCUT2D eigenvalue weighted by atomic mass is 19.1. The van der Waals surface area contributed by atoms with Crippen LogP contribution in [0.3, 0.4) is 0 Å². The van der Waals surface area contributed by atoms with Crippen LogP contribution < -0.4 is 39.5 Å². The number of rotatable bonds is 20. The third kappa shape index (κ3) is 18.1. The minimum Gasteiger partial charge on any atom is -0.324 e. The first-order valence-corrected chi connectivity index (χ1v) is 34.5. The van der Waals surface area contributed by atoms with Gasteiger partial charge in [0.15, 0.2) is 22.1 Å². The normalized spacial score (nSPS) is 11.0. The maximum Gasteiger partial charge on any atom is 0.239 e. The van der Waals surface area contributed by atoms with Crippen LogP contribution in [-0.2, 0) is 58.0 Å². The predicted molar refractivity (Wildman–Crippen MR) is 400 cm³/mol. The first kappa shape index (κ1) is 74.5. The summed E-state index contributed by atoms with van der Waals surface area (Å²) in [6.45, 7) is 18.1. The molecule has 0 fully saturated rings. The maximum atomic E-state index is 14.1. The molecule has 104 heavy (non-hydrogen) atoms. The van der Waals surface area contributed by atoms with Gasteiger partial charge in [-0.2, -0.15) is 13.7 Å². The number of hydrogen-bond donors (Lipinski definition) is 4. The van der Waals surface area contributed by atoms with Crippen LogP contribution in [0, 0.1) is 25.5 Å². The van der Waals surface area contributed by atoms with Gasteiger partial charge < -0.3 is 40.4 Å². The summed E-state index contributed by atoms with van der Waals surface area (Å²) in [7, 11) is 0. The molecule has 0 unspecified atom stereocenters. The molecule has 0 aliphatic heterocycles. The minimum atomic E-state index is -0.542. The number of aryl methyl sites for hydroxylation is 5. The Morgan fingerprint density at radius 1 is 0.317 bits per heavy atom. The Kier molecular flexibility index (Phi) is 24.3. The SMILES string of the molecule is CC(=O)CCC(=O)Nc1cccc2c1nc1ccccc1[n+]2-c1ccccc1.CC[n+]1c2cc(C)ccc2nc2c(NC(=O)CCC(C)=O)cc(C)cc21.CC[n+]1c2cc(F)ccc2nc2c(NC(=O)CCC(C)=O)cc(F)cc21.CC[n+]1c2ccccc2nc2c(NC(=O)CCC(C)=O)cccc21. The van der Waals surface area contributed by atoms with Crippen molar-refractivity contribution in [2.75, 3.05) is 21.3 Å². The van der Waals surface area contributed by atoms with Crippen LogP contribution in [0.25, 0.3) is 94.0 Å². The molecular weight excluding hydrogens is 1320 g/mol. The summed E-state index contributed by atoms with van der Waals surface area (Å²) in [6.07, 6.45) is 1.40. The summed E-state index contributed by atoms with van der Waals surface area (Å²) in [4.78, 5) is 112. The summed E-state index contributed by atoms with van der Waals surface area (Å²) in [5.41, 5.74) is 18.3. The van der Waals surface area contributed by atoms with E-state index in [4.69, 9.17) is 15.0 Å². The van der Waals surface area contributed by atoms with Crippen molar-refractivity contribution in [3.8, 4) is 5.69 Å². The molecule has 4 heterocycles. The number of hydrogen-bond acceptors (Lipinski definition) is 12. The van der Waals surface area contributed by atoms with Gasteiger partial charge in [-0.15, -0.1) is 4.57 Å². The van der Waals surface area contributed by atoms with Crippen molar-refractivity contribution in [1.82, 2.24) is 19.9 Å². The van der Waals surface area contributed by atoms with Crippen LogP contribution in [0.5, 0.6) is 0 Å². The van der Waals surface area contributed by atoms with Crippen molar-refractivity contribution in [3.05, 3.63) is 199 Å². The molecule has 528 valence electrons. The van der Waals surface area contributed by atoms with E-state index in [9.17, 15) is 47.1 Å². The summed E-state index contributed by atoms with van der Waals surface area (Å²) < 4.78 is 36.1. The third-order valence-electron chi connectivity index (χ3n) is 17.2. The van der Waals surface area contributed by atoms with E-state index in [1.165, 1.54) is 57.5 Å². The van der Waals surface area contributed by atoms with E-state index in [1.807, 2.05) is 147 Å². The van der Waals surface area contributed by atoms with Gasteiger partial charge in [0.05, 0.1) is 22.7 Å². The highest BCUT2D eigenvalue weighted by molar-refractivity contribution is 6.04. The third-order valence-corrected chi connectivity index (χ3v) is 17.2. The fourth-order valence-electron chi connectivity index (χ4n) is 12.3. The van der Waals surface area contributed by atoms with E-state index in [-0.39, 0.29) is 97.9 Å². The van der Waals surface area contributed by atoms with Crippen molar-refractivity contribution in [1.29, 1.82) is 0 Å². The molecule has 4 aromatic heterocycles. The minimum absolute atomic E-state index is 0.000826. The molecule has 0 atom stereocenters. The lowest BCUT2D eigenvalue weighted by molar-refractivity contribution is -0.642. The van der Waals surface area contributed by atoms with Crippen molar-refractivity contribution in [3.63, 3.8) is 0 Å². The van der Waals surface area contributed by atoms with Gasteiger partial charge in [0.25, 0.3) is 0 Å². The lowest BCUT2D eigenvalue weighted by Crippen LogP contribution is -2.35. The average Bonchev–Trinajstić information content (AvgIpc) is 0.786. The highest BCUT2D eigenvalue weighted by Crippen LogP contribution is 2.29. The summed E-state index contributed by atoms with van der Waals surface area (Å²) in [5.74, 6) is -1.95. The van der Waals surface area contributed by atoms with E-state index in [0.29, 0.717) is 51.2 Å². The summed E-state index contributed by atoms with van der Waals surface area (Å²) in [5, 5.41) is 11.4. The first-order chi connectivity index (χ1) is 50.0. The van der Waals surface area contributed by atoms with E-state index in [2.05, 4.69) is 72.9 Å². The number of Topliss-reactive ketones (excluding diaryl/α,β-unsaturated/α-hetero) is 4. The molecule has 13 rings (SSSR count). The topological polar surface area (TPSA) is 252 Å². The van der Waals surface area contributed by atoms with Crippen LogP contribution in [-0.4, -0.2) is 66.7 Å². The first-order valence-electron chi connectivity index (χ1n) is 34.5. The van der Waals surface area contributed by atoms with E-state index >= 15 is 0 Å². The Hall–Kier alpha value is -12.2. The molecule has 0 saturated carbocycles. The molecule has 4 N–H and O–H groups in total. The number of para-hydroxylation sites is 7. The lowest BCUT2D eigenvalue weighted by Gasteiger charge is -2.11. The molecule has 13 aromatic rings. The Balaban J connectivity index is 0.000000149. The summed E-state index contributed by atoms with van der Waals surface area (Å²) in [6, 6.07) is 54.4. The monoisotopic (exact) mass is 1400 g/mol. The number of carbonyl (C=O) groups is 8. The molecule has 22 heteroatoms. The number of carbonyl (C=O) groups excluding carboxylic acids is 8. The highest BCUT2D eigenvalue weighted by Gasteiger charge is 2.26. The number of nitrogens with zero attached hydrogens (tertiary/aromatic N) is 8. The quantitative estimate of drug-likeness (QED) is 0.0411. The number of anilines is 4. The van der Waals surface area contributed by atoms with Gasteiger partial charge in [-0.1, -0.05) is 60.7 Å². The van der Waals surface area contributed by atoms with Crippen molar-refractivity contribution >= 4 is 158 Å². The van der Waals surface area contributed by atoms with Crippen molar-refractivity contribution < 1.29 is 65.4 Å². The van der Waals surface area contributed by atoms with Crippen LogP contribution in [0.2, 0.25) is 0 Å². The molecule has 0 spiro atoms. The zero-order chi connectivity index (χ0) is 74.3. The number of ketones is 4. The molecule has 0 radical (unpaired) electrons. The van der Waals surface area contributed by atoms with Crippen LogP contribution >= 0.6 is 0 Å². The number of halogens is 2. The molecule has 0 aliphatic carbocycles. The Bertz CT molecular complexity index is 5370. The number of benzene rings is 9. The molecular formula is C82H82F2N12O8+4. The predicted octanol–water partition coefficient (Wildman–Crippen LogP) is 13.9.